The molecule has 0 bridgehead atoms. The largest absolute Gasteiger partial charge is 0.355 e. The Hall–Kier alpha value is -1.59. The molecule has 110 valence electrons. The molecule has 0 unspecified atom stereocenters. The zero-order valence-corrected chi connectivity index (χ0v) is 12.8. The highest BCUT2D eigenvalue weighted by Crippen LogP contribution is 2.22. The van der Waals surface area contributed by atoms with Crippen molar-refractivity contribution in [2.45, 2.75) is 26.8 Å². The summed E-state index contributed by atoms with van der Waals surface area (Å²) in [7, 11) is 1.51. The average Bonchev–Trinajstić information content (AvgIpc) is 2.38. The summed E-state index contributed by atoms with van der Waals surface area (Å²) in [4.78, 5) is 23.7. The fraction of sp³-hybridized carbons (Fsp3) is 0.429. The zero-order valence-electron chi connectivity index (χ0n) is 12.1. The Kier molecular flexibility index (Phi) is 5.14. The van der Waals surface area contributed by atoms with Gasteiger partial charge in [0.15, 0.2) is 0 Å². The van der Waals surface area contributed by atoms with Crippen LogP contribution in [0.1, 0.15) is 31.1 Å². The molecule has 0 aliphatic heterocycles. The van der Waals surface area contributed by atoms with E-state index in [0.29, 0.717) is 16.3 Å². The number of nitrogens with two attached hydrogens (primary N) is 1. The van der Waals surface area contributed by atoms with Crippen LogP contribution in [0.25, 0.3) is 0 Å². The van der Waals surface area contributed by atoms with E-state index in [9.17, 15) is 9.59 Å². The number of hydrogen-bond donors (Lipinski definition) is 3. The van der Waals surface area contributed by atoms with E-state index in [-0.39, 0.29) is 17.2 Å². The second-order valence-electron chi connectivity index (χ2n) is 5.61. The average molecular weight is 298 g/mol. The number of anilines is 1. The van der Waals surface area contributed by atoms with Crippen molar-refractivity contribution in [1.82, 2.24) is 5.32 Å². The summed E-state index contributed by atoms with van der Waals surface area (Å²) >= 11 is 5.94. The number of carbonyl (C=O) groups excluding carboxylic acids is 2. The number of carbonyl (C=O) groups is 2. The number of amides is 2. The summed E-state index contributed by atoms with van der Waals surface area (Å²) < 4.78 is 0. The lowest BCUT2D eigenvalue weighted by Crippen LogP contribution is -2.45. The van der Waals surface area contributed by atoms with Gasteiger partial charge < -0.3 is 16.4 Å². The lowest BCUT2D eigenvalue weighted by molar-refractivity contribution is -0.119. The van der Waals surface area contributed by atoms with E-state index in [4.69, 9.17) is 17.3 Å². The van der Waals surface area contributed by atoms with Crippen LogP contribution in [0.5, 0.6) is 0 Å². The fourth-order valence-corrected chi connectivity index (χ4v) is 1.73. The minimum atomic E-state index is -0.651. The van der Waals surface area contributed by atoms with Gasteiger partial charge in [-0.1, -0.05) is 32.4 Å². The van der Waals surface area contributed by atoms with Crippen molar-refractivity contribution in [3.63, 3.8) is 0 Å². The van der Waals surface area contributed by atoms with E-state index in [0.717, 1.165) is 0 Å². The Bertz CT molecular complexity index is 524. The molecule has 0 saturated carbocycles. The van der Waals surface area contributed by atoms with Crippen molar-refractivity contribution < 1.29 is 9.59 Å². The number of rotatable bonds is 3. The lowest BCUT2D eigenvalue weighted by Gasteiger charge is -2.25. The molecule has 0 aliphatic rings. The second-order valence-corrected chi connectivity index (χ2v) is 6.01. The monoisotopic (exact) mass is 297 g/mol. The van der Waals surface area contributed by atoms with Crippen LogP contribution in [0.2, 0.25) is 5.02 Å². The molecule has 0 aromatic heterocycles. The Morgan fingerprint density at radius 1 is 1.30 bits per heavy atom. The van der Waals surface area contributed by atoms with Crippen LogP contribution < -0.4 is 16.4 Å². The van der Waals surface area contributed by atoms with Crippen LogP contribution in [0.3, 0.4) is 0 Å². The summed E-state index contributed by atoms with van der Waals surface area (Å²) in [5.74, 6) is -0.617. The predicted octanol–water partition coefficient (Wildman–Crippen LogP) is 2.01. The predicted molar refractivity (Wildman–Crippen MR) is 80.9 cm³/mol. The van der Waals surface area contributed by atoms with Crippen LogP contribution >= 0.6 is 11.6 Å². The van der Waals surface area contributed by atoms with Gasteiger partial charge in [0.1, 0.15) is 0 Å². The first-order valence-corrected chi connectivity index (χ1v) is 6.62. The van der Waals surface area contributed by atoms with Gasteiger partial charge in [-0.05, 0) is 23.6 Å². The van der Waals surface area contributed by atoms with Crippen LogP contribution in [0, 0.1) is 5.41 Å². The van der Waals surface area contributed by atoms with Gasteiger partial charge in [0.25, 0.3) is 5.91 Å². The summed E-state index contributed by atoms with van der Waals surface area (Å²) in [5, 5.41) is 5.50. The number of hydrogen-bond acceptors (Lipinski definition) is 3. The third-order valence-electron chi connectivity index (χ3n) is 2.92. The molecule has 6 heteroatoms. The smallest absolute Gasteiger partial charge is 0.252 e. The van der Waals surface area contributed by atoms with E-state index in [1.165, 1.54) is 13.1 Å². The van der Waals surface area contributed by atoms with Gasteiger partial charge in [-0.2, -0.15) is 0 Å². The first-order chi connectivity index (χ1) is 9.16. The minimum absolute atomic E-state index is 0.302. The van der Waals surface area contributed by atoms with Crippen LogP contribution in [-0.2, 0) is 4.79 Å². The molecule has 5 nitrogen and oxygen atoms in total. The molecule has 20 heavy (non-hydrogen) atoms. The molecule has 0 heterocycles. The second kappa shape index (κ2) is 6.24. The van der Waals surface area contributed by atoms with E-state index in [1.54, 1.807) is 12.1 Å². The standard InChI is InChI=1S/C14H20ClN3O2/c1-14(2,3)11(16)13(20)18-8-5-6-10(15)9(7-8)12(19)17-4/h5-7,11H,16H2,1-4H3,(H,17,19)(H,18,20)/t11-/m1/s1. The summed E-state index contributed by atoms with van der Waals surface area (Å²) in [6.45, 7) is 5.65. The molecule has 1 aromatic rings. The van der Waals surface area contributed by atoms with Crippen LogP contribution in [0.15, 0.2) is 18.2 Å². The number of halogens is 1. The maximum atomic E-state index is 12.0. The van der Waals surface area contributed by atoms with Crippen molar-refractivity contribution >= 4 is 29.1 Å². The Balaban J connectivity index is 2.94. The highest BCUT2D eigenvalue weighted by Gasteiger charge is 2.27. The first-order valence-electron chi connectivity index (χ1n) is 6.25. The van der Waals surface area contributed by atoms with Crippen LogP contribution in [0.4, 0.5) is 5.69 Å². The van der Waals surface area contributed by atoms with E-state index >= 15 is 0 Å². The Morgan fingerprint density at radius 3 is 2.40 bits per heavy atom. The maximum Gasteiger partial charge on any atom is 0.252 e. The van der Waals surface area contributed by atoms with E-state index in [1.807, 2.05) is 20.8 Å². The molecule has 0 radical (unpaired) electrons. The molecular weight excluding hydrogens is 278 g/mol. The summed E-state index contributed by atoms with van der Waals surface area (Å²) in [6.07, 6.45) is 0. The molecule has 2 amide bonds. The van der Waals surface area contributed by atoms with Crippen molar-refractivity contribution in [1.29, 1.82) is 0 Å². The first kappa shape index (κ1) is 16.5. The quantitative estimate of drug-likeness (QED) is 0.798. The summed E-state index contributed by atoms with van der Waals surface area (Å²) in [5.41, 5.74) is 6.32. The van der Waals surface area contributed by atoms with E-state index in [2.05, 4.69) is 10.6 Å². The van der Waals surface area contributed by atoms with Gasteiger partial charge in [0, 0.05) is 12.7 Å². The fourth-order valence-electron chi connectivity index (χ4n) is 1.52. The van der Waals surface area contributed by atoms with Gasteiger partial charge in [-0.15, -0.1) is 0 Å². The van der Waals surface area contributed by atoms with Gasteiger partial charge >= 0.3 is 0 Å². The number of benzene rings is 1. The van der Waals surface area contributed by atoms with Gasteiger partial charge in [-0.25, -0.2) is 0 Å². The van der Waals surface area contributed by atoms with Crippen LogP contribution in [-0.4, -0.2) is 24.9 Å². The molecule has 1 rings (SSSR count). The SMILES string of the molecule is CNC(=O)c1cc(NC(=O)[C@@H](N)C(C)(C)C)ccc1Cl. The molecule has 0 saturated heterocycles. The Morgan fingerprint density at radius 2 is 1.90 bits per heavy atom. The highest BCUT2D eigenvalue weighted by molar-refractivity contribution is 6.34. The van der Waals surface area contributed by atoms with Gasteiger partial charge in [0.05, 0.1) is 16.6 Å². The number of nitrogens with one attached hydrogen (secondary N) is 2. The molecule has 0 fully saturated rings. The van der Waals surface area contributed by atoms with Gasteiger partial charge in [0.2, 0.25) is 5.91 Å². The van der Waals surface area contributed by atoms with Gasteiger partial charge in [-0.3, -0.25) is 9.59 Å². The minimum Gasteiger partial charge on any atom is -0.355 e. The molecule has 4 N–H and O–H groups in total. The maximum absolute atomic E-state index is 12.0. The molecule has 1 atom stereocenters. The molecule has 0 spiro atoms. The Labute approximate surface area is 123 Å². The summed E-state index contributed by atoms with van der Waals surface area (Å²) in [6, 6.07) is 4.06. The van der Waals surface area contributed by atoms with Crippen molar-refractivity contribution in [3.05, 3.63) is 28.8 Å². The lowest BCUT2D eigenvalue weighted by atomic mass is 9.87. The van der Waals surface area contributed by atoms with Crippen molar-refractivity contribution in [2.24, 2.45) is 11.1 Å². The van der Waals surface area contributed by atoms with Crippen molar-refractivity contribution in [2.75, 3.05) is 12.4 Å². The molecule has 0 aliphatic carbocycles. The zero-order chi connectivity index (χ0) is 15.5. The highest BCUT2D eigenvalue weighted by atomic mass is 35.5. The van der Waals surface area contributed by atoms with Crippen molar-refractivity contribution in [3.8, 4) is 0 Å². The molecular formula is C14H20ClN3O2. The topological polar surface area (TPSA) is 84.2 Å². The van der Waals surface area contributed by atoms with E-state index < -0.39 is 6.04 Å². The third-order valence-corrected chi connectivity index (χ3v) is 3.25. The third kappa shape index (κ3) is 3.95. The normalized spacial score (nSPS) is 12.7. The molecule has 1 aromatic carbocycles.